The molecule has 1 heterocycles. The zero-order chi connectivity index (χ0) is 12.4. The molecule has 1 amide bonds. The largest absolute Gasteiger partial charge is 0.347 e. The predicted octanol–water partition coefficient (Wildman–Crippen LogP) is 1.83. The highest BCUT2D eigenvalue weighted by Crippen LogP contribution is 2.22. The third-order valence-corrected chi connectivity index (χ3v) is 3.35. The molecule has 3 rings (SSSR count). The molecule has 0 unspecified atom stereocenters. The maximum Gasteiger partial charge on any atom is 0.251 e. The van der Waals surface area contributed by atoms with E-state index < -0.39 is 0 Å². The van der Waals surface area contributed by atoms with Crippen LogP contribution in [0.5, 0.6) is 0 Å². The SMILES string of the molecule is O=C(NCc1cnc[nH]1)c1ccc2c(c1)CCC2. The summed E-state index contributed by atoms with van der Waals surface area (Å²) < 4.78 is 0. The maximum absolute atomic E-state index is 12.0. The van der Waals surface area contributed by atoms with Gasteiger partial charge in [0, 0.05) is 11.8 Å². The highest BCUT2D eigenvalue weighted by molar-refractivity contribution is 5.94. The van der Waals surface area contributed by atoms with Gasteiger partial charge in [-0.1, -0.05) is 6.07 Å². The predicted molar refractivity (Wildman–Crippen MR) is 68.2 cm³/mol. The van der Waals surface area contributed by atoms with Crippen molar-refractivity contribution in [3.8, 4) is 0 Å². The molecule has 2 N–H and O–H groups in total. The topological polar surface area (TPSA) is 57.8 Å². The van der Waals surface area contributed by atoms with E-state index >= 15 is 0 Å². The molecule has 0 radical (unpaired) electrons. The number of benzene rings is 1. The molecular formula is C14H15N3O. The molecule has 1 aliphatic rings. The normalized spacial score (nSPS) is 13.3. The lowest BCUT2D eigenvalue weighted by molar-refractivity contribution is 0.0950. The first-order valence-electron chi connectivity index (χ1n) is 6.20. The Labute approximate surface area is 105 Å². The van der Waals surface area contributed by atoms with Gasteiger partial charge >= 0.3 is 0 Å². The van der Waals surface area contributed by atoms with E-state index in [4.69, 9.17) is 0 Å². The number of aromatic amines is 1. The van der Waals surface area contributed by atoms with E-state index in [2.05, 4.69) is 21.4 Å². The third-order valence-electron chi connectivity index (χ3n) is 3.35. The van der Waals surface area contributed by atoms with Crippen LogP contribution in [-0.2, 0) is 19.4 Å². The van der Waals surface area contributed by atoms with Crippen LogP contribution in [0.15, 0.2) is 30.7 Å². The number of H-pyrrole nitrogens is 1. The Balaban J connectivity index is 1.69. The number of imidazole rings is 1. The molecule has 2 aromatic rings. The molecule has 0 saturated heterocycles. The Morgan fingerprint density at radius 3 is 3.06 bits per heavy atom. The minimum Gasteiger partial charge on any atom is -0.347 e. The molecule has 4 nitrogen and oxygen atoms in total. The fourth-order valence-corrected chi connectivity index (χ4v) is 2.37. The summed E-state index contributed by atoms with van der Waals surface area (Å²) in [5, 5.41) is 2.88. The average molecular weight is 241 g/mol. The lowest BCUT2D eigenvalue weighted by Crippen LogP contribution is -2.23. The smallest absolute Gasteiger partial charge is 0.251 e. The van der Waals surface area contributed by atoms with Gasteiger partial charge in [-0.3, -0.25) is 4.79 Å². The molecule has 1 aromatic heterocycles. The lowest BCUT2D eigenvalue weighted by Gasteiger charge is -2.06. The second-order valence-electron chi connectivity index (χ2n) is 4.60. The number of rotatable bonds is 3. The molecule has 0 fully saturated rings. The summed E-state index contributed by atoms with van der Waals surface area (Å²) in [6.45, 7) is 0.482. The van der Waals surface area contributed by atoms with Crippen LogP contribution in [0.4, 0.5) is 0 Å². The molecule has 0 bridgehead atoms. The van der Waals surface area contributed by atoms with E-state index in [1.165, 1.54) is 17.5 Å². The van der Waals surface area contributed by atoms with Crippen molar-refractivity contribution in [3.63, 3.8) is 0 Å². The van der Waals surface area contributed by atoms with E-state index in [0.29, 0.717) is 6.54 Å². The van der Waals surface area contributed by atoms with Crippen molar-refractivity contribution in [2.45, 2.75) is 25.8 Å². The van der Waals surface area contributed by atoms with Gasteiger partial charge in [0.05, 0.1) is 18.6 Å². The third kappa shape index (κ3) is 2.14. The Morgan fingerprint density at radius 1 is 1.33 bits per heavy atom. The monoisotopic (exact) mass is 241 g/mol. The first kappa shape index (κ1) is 11.0. The summed E-state index contributed by atoms with van der Waals surface area (Å²) in [7, 11) is 0. The van der Waals surface area contributed by atoms with E-state index in [0.717, 1.165) is 24.1 Å². The number of hydrogen-bond donors (Lipinski definition) is 2. The highest BCUT2D eigenvalue weighted by Gasteiger charge is 2.13. The standard InChI is InChI=1S/C14H15N3O/c18-14(16-8-13-7-15-9-17-13)12-5-4-10-2-1-3-11(10)6-12/h4-7,9H,1-3,8H2,(H,15,17)(H,16,18). The quantitative estimate of drug-likeness (QED) is 0.861. The summed E-state index contributed by atoms with van der Waals surface area (Å²) in [6.07, 6.45) is 6.76. The molecule has 0 saturated carbocycles. The Hall–Kier alpha value is -2.10. The number of hydrogen-bond acceptors (Lipinski definition) is 2. The average Bonchev–Trinajstić information content (AvgIpc) is 3.05. The number of carbonyl (C=O) groups is 1. The van der Waals surface area contributed by atoms with Crippen molar-refractivity contribution in [1.82, 2.24) is 15.3 Å². The lowest BCUT2D eigenvalue weighted by atomic mass is 10.1. The number of amides is 1. The van der Waals surface area contributed by atoms with E-state index in [9.17, 15) is 4.79 Å². The van der Waals surface area contributed by atoms with Gasteiger partial charge in [0.2, 0.25) is 0 Å². The van der Waals surface area contributed by atoms with Crippen molar-refractivity contribution in [2.75, 3.05) is 0 Å². The zero-order valence-corrected chi connectivity index (χ0v) is 10.1. The molecule has 18 heavy (non-hydrogen) atoms. The van der Waals surface area contributed by atoms with Crippen molar-refractivity contribution in [2.24, 2.45) is 0 Å². The van der Waals surface area contributed by atoms with E-state index in [1.54, 1.807) is 12.5 Å². The summed E-state index contributed by atoms with van der Waals surface area (Å²) in [5.41, 5.74) is 4.36. The van der Waals surface area contributed by atoms with E-state index in [-0.39, 0.29) is 5.91 Å². The van der Waals surface area contributed by atoms with Crippen LogP contribution in [0.25, 0.3) is 0 Å². The molecule has 0 spiro atoms. The minimum atomic E-state index is -0.0284. The Bertz CT molecular complexity index is 560. The molecule has 4 heteroatoms. The van der Waals surface area contributed by atoms with E-state index in [1.807, 2.05) is 12.1 Å². The van der Waals surface area contributed by atoms with Gasteiger partial charge in [-0.05, 0) is 42.5 Å². The van der Waals surface area contributed by atoms with Gasteiger partial charge in [0.1, 0.15) is 0 Å². The number of nitrogens with zero attached hydrogens (tertiary/aromatic N) is 1. The highest BCUT2D eigenvalue weighted by atomic mass is 16.1. The zero-order valence-electron chi connectivity index (χ0n) is 10.1. The maximum atomic E-state index is 12.0. The van der Waals surface area contributed by atoms with Crippen LogP contribution < -0.4 is 5.32 Å². The fourth-order valence-electron chi connectivity index (χ4n) is 2.37. The number of aromatic nitrogens is 2. The molecule has 0 atom stereocenters. The second kappa shape index (κ2) is 4.64. The number of fused-ring (bicyclic) bond motifs is 1. The number of nitrogens with one attached hydrogen (secondary N) is 2. The van der Waals surface area contributed by atoms with Gasteiger partial charge in [0.15, 0.2) is 0 Å². The molecule has 1 aliphatic carbocycles. The Kier molecular flexibility index (Phi) is 2.84. The molecule has 1 aromatic carbocycles. The summed E-state index contributed by atoms with van der Waals surface area (Å²) in [4.78, 5) is 18.9. The van der Waals surface area contributed by atoms with Crippen LogP contribution in [0, 0.1) is 0 Å². The minimum absolute atomic E-state index is 0.0284. The molecule has 0 aliphatic heterocycles. The number of aryl methyl sites for hydroxylation is 2. The van der Waals surface area contributed by atoms with Crippen LogP contribution in [-0.4, -0.2) is 15.9 Å². The first-order valence-corrected chi connectivity index (χ1v) is 6.20. The fraction of sp³-hybridized carbons (Fsp3) is 0.286. The van der Waals surface area contributed by atoms with Crippen LogP contribution in [0.3, 0.4) is 0 Å². The second-order valence-corrected chi connectivity index (χ2v) is 4.60. The van der Waals surface area contributed by atoms with Crippen molar-refractivity contribution < 1.29 is 4.79 Å². The van der Waals surface area contributed by atoms with Crippen molar-refractivity contribution in [1.29, 1.82) is 0 Å². The van der Waals surface area contributed by atoms with Crippen LogP contribution in [0.1, 0.15) is 33.6 Å². The van der Waals surface area contributed by atoms with Gasteiger partial charge in [-0.15, -0.1) is 0 Å². The van der Waals surface area contributed by atoms with Gasteiger partial charge in [-0.2, -0.15) is 0 Å². The summed E-state index contributed by atoms with van der Waals surface area (Å²) in [5.74, 6) is -0.0284. The summed E-state index contributed by atoms with van der Waals surface area (Å²) >= 11 is 0. The van der Waals surface area contributed by atoms with Crippen molar-refractivity contribution in [3.05, 3.63) is 53.1 Å². The molecular weight excluding hydrogens is 226 g/mol. The molecule has 92 valence electrons. The van der Waals surface area contributed by atoms with Crippen LogP contribution >= 0.6 is 0 Å². The van der Waals surface area contributed by atoms with Gasteiger partial charge < -0.3 is 10.3 Å². The first-order chi connectivity index (χ1) is 8.83. The summed E-state index contributed by atoms with van der Waals surface area (Å²) in [6, 6.07) is 6.00. The van der Waals surface area contributed by atoms with Gasteiger partial charge in [-0.25, -0.2) is 4.98 Å². The van der Waals surface area contributed by atoms with Gasteiger partial charge in [0.25, 0.3) is 5.91 Å². The Morgan fingerprint density at radius 2 is 2.22 bits per heavy atom. The number of carbonyl (C=O) groups excluding carboxylic acids is 1. The van der Waals surface area contributed by atoms with Crippen LogP contribution in [0.2, 0.25) is 0 Å². The van der Waals surface area contributed by atoms with Crippen molar-refractivity contribution >= 4 is 5.91 Å².